The Labute approximate surface area is 110 Å². The van der Waals surface area contributed by atoms with Gasteiger partial charge in [-0.05, 0) is 12.8 Å². The van der Waals surface area contributed by atoms with Gasteiger partial charge in [-0.1, -0.05) is 28.9 Å². The fourth-order valence-corrected chi connectivity index (χ4v) is 3.47. The number of hydrogen-bond acceptors (Lipinski definition) is 5. The molecule has 2 fully saturated rings. The summed E-state index contributed by atoms with van der Waals surface area (Å²) in [6.45, 7) is 2.63. The van der Waals surface area contributed by atoms with Crippen molar-refractivity contribution in [1.82, 2.24) is 14.5 Å². The number of morpholine rings is 1. The molecule has 2 atom stereocenters. The lowest BCUT2D eigenvalue weighted by atomic mass is 9.90. The first kappa shape index (κ1) is 11.8. The van der Waals surface area contributed by atoms with E-state index < -0.39 is 0 Å². The zero-order chi connectivity index (χ0) is 11.7. The van der Waals surface area contributed by atoms with E-state index in [1.165, 1.54) is 37.2 Å². The minimum atomic E-state index is 0.419. The Kier molecular flexibility index (Phi) is 3.61. The highest BCUT2D eigenvalue weighted by Crippen LogP contribution is 2.30. The Morgan fingerprint density at radius 3 is 3.12 bits per heavy atom. The summed E-state index contributed by atoms with van der Waals surface area (Å²) >= 11 is 7.34. The van der Waals surface area contributed by atoms with Crippen LogP contribution in [0.3, 0.4) is 0 Å². The molecule has 3 rings (SSSR count). The average molecular weight is 274 g/mol. The fraction of sp³-hybridized carbons (Fsp3) is 0.818. The van der Waals surface area contributed by atoms with Crippen LogP contribution in [0.25, 0.3) is 0 Å². The smallest absolute Gasteiger partial charge is 0.138 e. The van der Waals surface area contributed by atoms with Crippen molar-refractivity contribution in [2.45, 2.75) is 44.4 Å². The Morgan fingerprint density at radius 2 is 2.29 bits per heavy atom. The first-order valence-corrected chi connectivity index (χ1v) is 7.32. The van der Waals surface area contributed by atoms with Crippen molar-refractivity contribution < 1.29 is 4.74 Å². The highest BCUT2D eigenvalue weighted by atomic mass is 35.5. The van der Waals surface area contributed by atoms with Gasteiger partial charge >= 0.3 is 0 Å². The number of nitrogens with zero attached hydrogens (tertiary/aromatic N) is 3. The minimum absolute atomic E-state index is 0.419. The van der Waals surface area contributed by atoms with Crippen LogP contribution in [0.4, 0.5) is 0 Å². The van der Waals surface area contributed by atoms with Crippen molar-refractivity contribution in [1.29, 1.82) is 0 Å². The Hall–Kier alpha value is -0.230. The normalized spacial score (nSPS) is 30.2. The van der Waals surface area contributed by atoms with Crippen LogP contribution >= 0.6 is 23.1 Å². The summed E-state index contributed by atoms with van der Waals surface area (Å²) in [5.41, 5.74) is 0.919. The maximum absolute atomic E-state index is 6.07. The van der Waals surface area contributed by atoms with Crippen molar-refractivity contribution in [2.75, 3.05) is 13.2 Å². The number of rotatable bonds is 2. The molecule has 0 N–H and O–H groups in total. The summed E-state index contributed by atoms with van der Waals surface area (Å²) in [6.07, 6.45) is 5.46. The van der Waals surface area contributed by atoms with Crippen LogP contribution < -0.4 is 0 Å². The molecule has 0 bridgehead atoms. The molecule has 94 valence electrons. The first-order valence-electron chi connectivity index (χ1n) is 6.17. The van der Waals surface area contributed by atoms with Crippen LogP contribution in [0.2, 0.25) is 4.34 Å². The van der Waals surface area contributed by atoms with Gasteiger partial charge in [-0.25, -0.2) is 0 Å². The maximum atomic E-state index is 6.07. The summed E-state index contributed by atoms with van der Waals surface area (Å²) in [7, 11) is 0. The number of hydrogen-bond donors (Lipinski definition) is 0. The first-order chi connectivity index (χ1) is 8.34. The summed E-state index contributed by atoms with van der Waals surface area (Å²) < 4.78 is 10.5. The Bertz CT molecular complexity index is 385. The number of halogens is 1. The minimum Gasteiger partial charge on any atom is -0.375 e. The standard InChI is InChI=1S/C11H16ClN3OS/c12-11-8(13-14-17-11)7-15-5-6-16-10-4-2-1-3-9(10)15/h9-10H,1-7H2/t9-,10+/m1/s1. The van der Waals surface area contributed by atoms with Crippen LogP contribution in [-0.2, 0) is 11.3 Å². The van der Waals surface area contributed by atoms with E-state index in [0.717, 1.165) is 29.7 Å². The van der Waals surface area contributed by atoms with Gasteiger partial charge in [0, 0.05) is 30.7 Å². The third kappa shape index (κ3) is 2.47. The molecule has 0 spiro atoms. The Balaban J connectivity index is 1.71. The quantitative estimate of drug-likeness (QED) is 0.829. The molecule has 1 aliphatic carbocycles. The molecule has 1 aliphatic heterocycles. The predicted octanol–water partition coefficient (Wildman–Crippen LogP) is 2.33. The second-order valence-electron chi connectivity index (χ2n) is 4.72. The molecule has 0 aromatic carbocycles. The molecule has 2 aliphatic rings. The molecule has 17 heavy (non-hydrogen) atoms. The van der Waals surface area contributed by atoms with E-state index in [4.69, 9.17) is 16.3 Å². The Morgan fingerprint density at radius 1 is 1.41 bits per heavy atom. The van der Waals surface area contributed by atoms with E-state index in [-0.39, 0.29) is 0 Å². The highest BCUT2D eigenvalue weighted by Gasteiger charge is 2.34. The van der Waals surface area contributed by atoms with E-state index in [1.54, 1.807) is 0 Å². The van der Waals surface area contributed by atoms with E-state index >= 15 is 0 Å². The molecular formula is C11H16ClN3OS. The van der Waals surface area contributed by atoms with Gasteiger partial charge in [0.25, 0.3) is 0 Å². The number of fused-ring (bicyclic) bond motifs is 1. The van der Waals surface area contributed by atoms with Gasteiger partial charge in [-0.3, -0.25) is 4.90 Å². The monoisotopic (exact) mass is 273 g/mol. The molecule has 1 saturated carbocycles. The summed E-state index contributed by atoms with van der Waals surface area (Å²) in [5, 5.41) is 4.10. The van der Waals surface area contributed by atoms with Crippen molar-refractivity contribution in [2.24, 2.45) is 0 Å². The third-order valence-electron chi connectivity index (χ3n) is 3.71. The molecule has 1 saturated heterocycles. The molecule has 1 aromatic heterocycles. The lowest BCUT2D eigenvalue weighted by molar-refractivity contribution is -0.0914. The second-order valence-corrected chi connectivity index (χ2v) is 6.08. The predicted molar refractivity (Wildman–Crippen MR) is 67.3 cm³/mol. The SMILES string of the molecule is Clc1snnc1CN1CCO[C@H]2CCCC[C@H]21. The van der Waals surface area contributed by atoms with Crippen molar-refractivity contribution >= 4 is 23.1 Å². The van der Waals surface area contributed by atoms with Crippen LogP contribution in [-0.4, -0.2) is 39.8 Å². The molecule has 6 heteroatoms. The van der Waals surface area contributed by atoms with Crippen LogP contribution in [0.5, 0.6) is 0 Å². The van der Waals surface area contributed by atoms with Crippen LogP contribution in [0, 0.1) is 0 Å². The van der Waals surface area contributed by atoms with E-state index in [0.29, 0.717) is 12.1 Å². The zero-order valence-electron chi connectivity index (χ0n) is 9.64. The molecule has 0 radical (unpaired) electrons. The second kappa shape index (κ2) is 5.18. The lowest BCUT2D eigenvalue weighted by Gasteiger charge is -2.43. The van der Waals surface area contributed by atoms with Gasteiger partial charge in [-0.2, -0.15) is 0 Å². The van der Waals surface area contributed by atoms with Crippen LogP contribution in [0.15, 0.2) is 0 Å². The van der Waals surface area contributed by atoms with E-state index in [9.17, 15) is 0 Å². The lowest BCUT2D eigenvalue weighted by Crippen LogP contribution is -2.52. The maximum Gasteiger partial charge on any atom is 0.138 e. The van der Waals surface area contributed by atoms with E-state index in [1.807, 2.05) is 0 Å². The number of aromatic nitrogens is 2. The molecule has 0 amide bonds. The fourth-order valence-electron chi connectivity index (χ4n) is 2.86. The molecule has 4 nitrogen and oxygen atoms in total. The largest absolute Gasteiger partial charge is 0.375 e. The van der Waals surface area contributed by atoms with Crippen LogP contribution in [0.1, 0.15) is 31.4 Å². The topological polar surface area (TPSA) is 38.2 Å². The molecule has 1 aromatic rings. The zero-order valence-corrected chi connectivity index (χ0v) is 11.2. The molecule has 2 heterocycles. The van der Waals surface area contributed by atoms with Gasteiger partial charge < -0.3 is 4.74 Å². The van der Waals surface area contributed by atoms with Crippen molar-refractivity contribution in [3.63, 3.8) is 0 Å². The third-order valence-corrected chi connectivity index (χ3v) is 4.69. The van der Waals surface area contributed by atoms with Crippen molar-refractivity contribution in [3.8, 4) is 0 Å². The summed E-state index contributed by atoms with van der Waals surface area (Å²) in [6, 6.07) is 0.551. The van der Waals surface area contributed by atoms with Gasteiger partial charge in [0.2, 0.25) is 0 Å². The molecular weight excluding hydrogens is 258 g/mol. The van der Waals surface area contributed by atoms with Gasteiger partial charge in [-0.15, -0.1) is 5.10 Å². The van der Waals surface area contributed by atoms with E-state index in [2.05, 4.69) is 14.5 Å². The number of ether oxygens (including phenoxy) is 1. The average Bonchev–Trinajstić information content (AvgIpc) is 2.76. The highest BCUT2D eigenvalue weighted by molar-refractivity contribution is 7.10. The summed E-state index contributed by atoms with van der Waals surface area (Å²) in [5.74, 6) is 0. The van der Waals surface area contributed by atoms with Gasteiger partial charge in [0.05, 0.1) is 12.7 Å². The van der Waals surface area contributed by atoms with Crippen molar-refractivity contribution in [3.05, 3.63) is 10.0 Å². The molecule has 0 unspecified atom stereocenters. The van der Waals surface area contributed by atoms with Gasteiger partial charge in [0.15, 0.2) is 0 Å². The van der Waals surface area contributed by atoms with Gasteiger partial charge in [0.1, 0.15) is 10.0 Å². The summed E-state index contributed by atoms with van der Waals surface area (Å²) in [4.78, 5) is 2.47.